The van der Waals surface area contributed by atoms with Crippen LogP contribution in [0.1, 0.15) is 6.92 Å². The Hall–Kier alpha value is -0.550. The molecule has 0 aromatic heterocycles. The zero-order valence-electron chi connectivity index (χ0n) is 8.80. The summed E-state index contributed by atoms with van der Waals surface area (Å²) >= 11 is 18.9. The Balaban J connectivity index is 2.35. The maximum atomic E-state index is 6.13. The van der Waals surface area contributed by atoms with Crippen molar-refractivity contribution in [2.75, 3.05) is 11.9 Å². The van der Waals surface area contributed by atoms with Crippen molar-refractivity contribution in [2.45, 2.75) is 6.92 Å². The number of rotatable bonds is 3. The normalized spacial score (nSPS) is 13.5. The van der Waals surface area contributed by atoms with Gasteiger partial charge >= 0.3 is 0 Å². The Bertz CT molecular complexity index is 562. The summed E-state index contributed by atoms with van der Waals surface area (Å²) < 4.78 is 8.32. The molecular formula is C10H8Cl3N3S. The van der Waals surface area contributed by atoms with Crippen LogP contribution >= 0.6 is 34.8 Å². The van der Waals surface area contributed by atoms with Gasteiger partial charge in [-0.2, -0.15) is 8.73 Å². The van der Waals surface area contributed by atoms with E-state index in [2.05, 4.69) is 14.0 Å². The third kappa shape index (κ3) is 2.65. The van der Waals surface area contributed by atoms with Crippen LogP contribution in [0.15, 0.2) is 25.9 Å². The number of halogens is 3. The molecule has 1 N–H and O–H groups in total. The summed E-state index contributed by atoms with van der Waals surface area (Å²) in [5.74, 6) is 0. The Labute approximate surface area is 118 Å². The van der Waals surface area contributed by atoms with Crippen molar-refractivity contribution in [3.05, 3.63) is 27.2 Å². The Morgan fingerprint density at radius 1 is 1.35 bits per heavy atom. The molecule has 1 aromatic carbocycles. The third-order valence-electron chi connectivity index (χ3n) is 2.17. The number of nitrogens with one attached hydrogen (secondary N) is 1. The fourth-order valence-corrected chi connectivity index (χ4v) is 2.56. The summed E-state index contributed by atoms with van der Waals surface area (Å²) in [6, 6.07) is 1.66. The molecule has 90 valence electrons. The van der Waals surface area contributed by atoms with Crippen LogP contribution in [0, 0.1) is 0 Å². The molecule has 0 amide bonds. The van der Waals surface area contributed by atoms with Crippen molar-refractivity contribution >= 4 is 63.2 Å². The summed E-state index contributed by atoms with van der Waals surface area (Å²) in [5.41, 5.74) is 4.60. The van der Waals surface area contributed by atoms with Gasteiger partial charge in [-0.1, -0.05) is 34.8 Å². The second-order valence-corrected chi connectivity index (χ2v) is 5.05. The van der Waals surface area contributed by atoms with E-state index in [9.17, 15) is 0 Å². The second kappa shape index (κ2) is 5.40. The number of hydrogen-bond donors (Lipinski definition) is 1. The molecule has 0 bridgehead atoms. The van der Waals surface area contributed by atoms with Crippen molar-refractivity contribution in [1.82, 2.24) is 0 Å². The van der Waals surface area contributed by atoms with Crippen molar-refractivity contribution < 1.29 is 0 Å². The van der Waals surface area contributed by atoms with Crippen LogP contribution in [0.3, 0.4) is 0 Å². The molecule has 0 saturated carbocycles. The van der Waals surface area contributed by atoms with Gasteiger partial charge in [0.05, 0.1) is 27.1 Å². The molecule has 0 radical (unpaired) electrons. The van der Waals surface area contributed by atoms with E-state index in [1.807, 2.05) is 6.92 Å². The summed E-state index contributed by atoms with van der Waals surface area (Å²) in [5, 5.41) is 4.21. The van der Waals surface area contributed by atoms with Gasteiger partial charge in [0.15, 0.2) is 0 Å². The van der Waals surface area contributed by atoms with Crippen molar-refractivity contribution in [2.24, 2.45) is 8.73 Å². The lowest BCUT2D eigenvalue weighted by atomic mass is 10.2. The fourth-order valence-electron chi connectivity index (χ4n) is 1.31. The number of nitrogens with zero attached hydrogens (tertiary/aromatic N) is 2. The Kier molecular flexibility index (Phi) is 4.09. The van der Waals surface area contributed by atoms with E-state index in [1.54, 1.807) is 6.07 Å². The largest absolute Gasteiger partial charge is 0.378 e. The topological polar surface area (TPSA) is 36.8 Å². The van der Waals surface area contributed by atoms with E-state index in [-0.39, 0.29) is 0 Å². The highest BCUT2D eigenvalue weighted by Gasteiger charge is 2.18. The molecule has 7 heteroatoms. The van der Waals surface area contributed by atoms with E-state index in [1.165, 1.54) is 5.54 Å². The fraction of sp³-hybridized carbons (Fsp3) is 0.200. The first-order valence-electron chi connectivity index (χ1n) is 4.73. The molecule has 0 unspecified atom stereocenters. The highest BCUT2D eigenvalue weighted by molar-refractivity contribution is 7.58. The summed E-state index contributed by atoms with van der Waals surface area (Å²) in [4.78, 5) is 0. The van der Waals surface area contributed by atoms with E-state index < -0.39 is 0 Å². The van der Waals surface area contributed by atoms with Crippen LogP contribution in [0.25, 0.3) is 0 Å². The van der Waals surface area contributed by atoms with E-state index in [0.29, 0.717) is 28.0 Å². The van der Waals surface area contributed by atoms with Crippen molar-refractivity contribution in [1.29, 1.82) is 0 Å². The smallest absolute Gasteiger partial charge is 0.130 e. The van der Waals surface area contributed by atoms with Crippen LogP contribution in [-0.4, -0.2) is 6.54 Å². The lowest BCUT2D eigenvalue weighted by Crippen LogP contribution is -2.03. The number of fused-ring (bicyclic) bond motifs is 1. The highest BCUT2D eigenvalue weighted by atomic mass is 35.5. The van der Waals surface area contributed by atoms with Gasteiger partial charge in [-0.15, -0.1) is 0 Å². The average Bonchev–Trinajstić information content (AvgIpc) is 2.77. The van der Waals surface area contributed by atoms with Crippen molar-refractivity contribution in [3.63, 3.8) is 0 Å². The SMILES string of the molecule is CC(=CCl)CNc1c(Cl)cc(Cl)c2c1N=S=N2. The second-order valence-electron chi connectivity index (χ2n) is 3.49. The zero-order valence-corrected chi connectivity index (χ0v) is 11.9. The molecule has 0 fully saturated rings. The number of anilines is 1. The first-order valence-corrected chi connectivity index (χ1v) is 6.65. The summed E-state index contributed by atoms with van der Waals surface area (Å²) in [6.45, 7) is 2.51. The zero-order chi connectivity index (χ0) is 12.4. The maximum absolute atomic E-state index is 6.13. The van der Waals surface area contributed by atoms with Crippen LogP contribution < -0.4 is 5.32 Å². The standard InChI is InChI=1S/C10H8Cl3N3S/c1-5(3-11)4-14-8-6(12)2-7(13)9-10(8)16-17-15-9/h2-3,14H,4H2,1H3. The van der Waals surface area contributed by atoms with Gasteiger partial charge in [0.2, 0.25) is 0 Å². The van der Waals surface area contributed by atoms with Gasteiger partial charge in [0.1, 0.15) is 11.4 Å². The van der Waals surface area contributed by atoms with E-state index in [0.717, 1.165) is 22.6 Å². The van der Waals surface area contributed by atoms with Gasteiger partial charge in [0.25, 0.3) is 0 Å². The molecule has 2 rings (SSSR count). The molecule has 1 aliphatic heterocycles. The van der Waals surface area contributed by atoms with Crippen molar-refractivity contribution in [3.8, 4) is 0 Å². The molecule has 17 heavy (non-hydrogen) atoms. The summed E-state index contributed by atoms with van der Waals surface area (Å²) in [6.07, 6.45) is 0. The van der Waals surface area contributed by atoms with E-state index in [4.69, 9.17) is 34.8 Å². The van der Waals surface area contributed by atoms with Crippen LogP contribution in [0.4, 0.5) is 17.1 Å². The Morgan fingerprint density at radius 2 is 2.06 bits per heavy atom. The molecule has 1 aliphatic rings. The van der Waals surface area contributed by atoms with Gasteiger partial charge < -0.3 is 5.32 Å². The Morgan fingerprint density at radius 3 is 2.76 bits per heavy atom. The molecule has 1 heterocycles. The monoisotopic (exact) mass is 307 g/mol. The van der Waals surface area contributed by atoms with Gasteiger partial charge in [-0.05, 0) is 18.6 Å². The average molecular weight is 309 g/mol. The van der Waals surface area contributed by atoms with Crippen LogP contribution in [-0.2, 0) is 11.4 Å². The summed E-state index contributed by atoms with van der Waals surface area (Å²) in [7, 11) is 0. The molecule has 1 aromatic rings. The van der Waals surface area contributed by atoms with Crippen LogP contribution in [0.5, 0.6) is 0 Å². The highest BCUT2D eigenvalue weighted by Crippen LogP contribution is 2.47. The quantitative estimate of drug-likeness (QED) is 0.823. The molecular weight excluding hydrogens is 301 g/mol. The van der Waals surface area contributed by atoms with Gasteiger partial charge in [0, 0.05) is 12.1 Å². The molecule has 3 nitrogen and oxygen atoms in total. The third-order valence-corrected chi connectivity index (χ3v) is 3.66. The molecule has 0 atom stereocenters. The van der Waals surface area contributed by atoms with Crippen LogP contribution in [0.2, 0.25) is 10.0 Å². The first kappa shape index (κ1) is 12.9. The lowest BCUT2D eigenvalue weighted by molar-refractivity contribution is 1.21. The van der Waals surface area contributed by atoms with E-state index >= 15 is 0 Å². The predicted molar refractivity (Wildman–Crippen MR) is 76.1 cm³/mol. The minimum Gasteiger partial charge on any atom is -0.378 e. The molecule has 0 saturated heterocycles. The van der Waals surface area contributed by atoms with Gasteiger partial charge in [-0.3, -0.25) is 0 Å². The minimum atomic E-state index is 0.508. The lowest BCUT2D eigenvalue weighted by Gasteiger charge is -2.11. The maximum Gasteiger partial charge on any atom is 0.130 e. The molecule has 0 spiro atoms. The predicted octanol–water partition coefficient (Wildman–Crippen LogP) is 5.27. The number of hydrogen-bond acceptors (Lipinski definition) is 3. The van der Waals surface area contributed by atoms with Gasteiger partial charge in [-0.25, -0.2) is 0 Å². The first-order chi connectivity index (χ1) is 8.13. The molecule has 0 aliphatic carbocycles. The number of benzene rings is 1. The minimum absolute atomic E-state index is 0.508.